The Kier molecular flexibility index (Phi) is 5.99. The molecule has 7 heteroatoms. The quantitative estimate of drug-likeness (QED) is 0.770. The maximum atomic E-state index is 12.2. The van der Waals surface area contributed by atoms with E-state index in [2.05, 4.69) is 0 Å². The lowest BCUT2D eigenvalue weighted by atomic mass is 9.80. The highest BCUT2D eigenvalue weighted by Gasteiger charge is 2.38. The number of aliphatic carboxylic acids is 1. The second kappa shape index (κ2) is 7.28. The summed E-state index contributed by atoms with van der Waals surface area (Å²) >= 11 is 0. The molecule has 1 aliphatic heterocycles. The van der Waals surface area contributed by atoms with Crippen molar-refractivity contribution >= 4 is 18.0 Å². The van der Waals surface area contributed by atoms with Gasteiger partial charge in [-0.05, 0) is 26.7 Å². The molecule has 7 nitrogen and oxygen atoms in total. The molecule has 0 aromatic carbocycles. The number of rotatable bonds is 5. The molecule has 0 spiro atoms. The number of hydrogen-bond donors (Lipinski definition) is 1. The fraction of sp³-hybridized carbons (Fsp3) is 0.786. The largest absolute Gasteiger partial charge is 0.481 e. The lowest BCUT2D eigenvalue weighted by molar-refractivity contribution is -0.150. The van der Waals surface area contributed by atoms with Crippen molar-refractivity contribution in [2.24, 2.45) is 5.41 Å². The van der Waals surface area contributed by atoms with Gasteiger partial charge in [-0.25, -0.2) is 4.79 Å². The van der Waals surface area contributed by atoms with Crippen LogP contribution in [0.15, 0.2) is 0 Å². The van der Waals surface area contributed by atoms with Gasteiger partial charge >= 0.3 is 18.0 Å². The lowest BCUT2D eigenvalue weighted by Crippen LogP contribution is -2.49. The van der Waals surface area contributed by atoms with E-state index in [9.17, 15) is 14.4 Å². The molecule has 1 fully saturated rings. The first-order valence-electron chi connectivity index (χ1n) is 7.19. The number of likely N-dealkylation sites (tertiary alicyclic amines) is 1. The van der Waals surface area contributed by atoms with Crippen LogP contribution in [0.2, 0.25) is 0 Å². The van der Waals surface area contributed by atoms with Crippen molar-refractivity contribution in [3.05, 3.63) is 0 Å². The lowest BCUT2D eigenvalue weighted by Gasteiger charge is -2.38. The van der Waals surface area contributed by atoms with Crippen molar-refractivity contribution < 1.29 is 24.2 Å². The summed E-state index contributed by atoms with van der Waals surface area (Å²) in [7, 11) is 1.63. The number of carbonyl (C=O) groups is 3. The molecule has 0 aromatic rings. The Morgan fingerprint density at radius 3 is 2.33 bits per heavy atom. The number of urea groups is 1. The molecule has 0 unspecified atom stereocenters. The number of amides is 2. The monoisotopic (exact) mass is 300 g/mol. The topological polar surface area (TPSA) is 87.2 Å². The second-order valence-corrected chi connectivity index (χ2v) is 5.61. The number of carboxylic acids is 1. The molecule has 0 aliphatic carbocycles. The summed E-state index contributed by atoms with van der Waals surface area (Å²) in [4.78, 5) is 37.7. The predicted molar refractivity (Wildman–Crippen MR) is 75.8 cm³/mol. The number of piperidine rings is 1. The maximum Gasteiger partial charge on any atom is 0.319 e. The van der Waals surface area contributed by atoms with Gasteiger partial charge in [0.15, 0.2) is 0 Å². The molecule has 0 bridgehead atoms. The molecule has 21 heavy (non-hydrogen) atoms. The van der Waals surface area contributed by atoms with Gasteiger partial charge in [-0.2, -0.15) is 0 Å². The molecule has 0 aromatic heterocycles. The van der Waals surface area contributed by atoms with Crippen LogP contribution in [0.4, 0.5) is 4.79 Å². The van der Waals surface area contributed by atoms with Crippen molar-refractivity contribution in [2.75, 3.05) is 33.3 Å². The average Bonchev–Trinajstić information content (AvgIpc) is 2.45. The van der Waals surface area contributed by atoms with Gasteiger partial charge in [0.2, 0.25) is 0 Å². The number of ether oxygens (including phenoxy) is 1. The van der Waals surface area contributed by atoms with Crippen LogP contribution in [0, 0.1) is 5.41 Å². The predicted octanol–water partition coefficient (Wildman–Crippen LogP) is 1.18. The van der Waals surface area contributed by atoms with E-state index >= 15 is 0 Å². The van der Waals surface area contributed by atoms with Crippen molar-refractivity contribution in [2.45, 2.75) is 33.1 Å². The van der Waals surface area contributed by atoms with E-state index in [0.29, 0.717) is 39.1 Å². The summed E-state index contributed by atoms with van der Waals surface area (Å²) in [5, 5.41) is 9.16. The van der Waals surface area contributed by atoms with E-state index in [1.807, 2.05) is 0 Å². The van der Waals surface area contributed by atoms with Crippen molar-refractivity contribution in [3.8, 4) is 0 Å². The van der Waals surface area contributed by atoms with Crippen LogP contribution in [0.5, 0.6) is 0 Å². The van der Waals surface area contributed by atoms with Gasteiger partial charge in [0.25, 0.3) is 0 Å². The van der Waals surface area contributed by atoms with Gasteiger partial charge in [0.05, 0.1) is 18.4 Å². The third-order valence-corrected chi connectivity index (χ3v) is 3.94. The van der Waals surface area contributed by atoms with E-state index in [1.54, 1.807) is 25.8 Å². The number of hydrogen-bond acceptors (Lipinski definition) is 4. The highest BCUT2D eigenvalue weighted by molar-refractivity contribution is 5.77. The SMILES string of the molecule is CCOC(=O)CCN(C)C(=O)N1CCC(C)(C(=O)O)CC1. The highest BCUT2D eigenvalue weighted by Crippen LogP contribution is 2.31. The van der Waals surface area contributed by atoms with Crippen LogP contribution in [0.3, 0.4) is 0 Å². The van der Waals surface area contributed by atoms with Gasteiger partial charge in [0.1, 0.15) is 0 Å². The number of esters is 1. The molecule has 0 atom stereocenters. The first-order chi connectivity index (χ1) is 9.80. The molecule has 1 aliphatic rings. The zero-order valence-corrected chi connectivity index (χ0v) is 12.9. The van der Waals surface area contributed by atoms with Crippen LogP contribution >= 0.6 is 0 Å². The Bertz CT molecular complexity index is 402. The maximum absolute atomic E-state index is 12.2. The molecular formula is C14H24N2O5. The summed E-state index contributed by atoms with van der Waals surface area (Å²) < 4.78 is 4.82. The molecular weight excluding hydrogens is 276 g/mol. The Labute approximate surface area is 124 Å². The number of carboxylic acid groups (broad SMARTS) is 1. The Morgan fingerprint density at radius 1 is 1.29 bits per heavy atom. The molecule has 2 amide bonds. The molecule has 0 saturated carbocycles. The van der Waals surface area contributed by atoms with Crippen LogP contribution in [-0.2, 0) is 14.3 Å². The summed E-state index contributed by atoms with van der Waals surface area (Å²) in [6.45, 7) is 4.92. The molecule has 120 valence electrons. The molecule has 1 heterocycles. The Balaban J connectivity index is 2.43. The molecule has 0 radical (unpaired) electrons. The third-order valence-electron chi connectivity index (χ3n) is 3.94. The first-order valence-corrected chi connectivity index (χ1v) is 7.19. The first kappa shape index (κ1) is 17.3. The number of carbonyl (C=O) groups excluding carboxylic acids is 2. The van der Waals surface area contributed by atoms with Crippen LogP contribution < -0.4 is 0 Å². The Hall–Kier alpha value is -1.79. The number of nitrogens with zero attached hydrogens (tertiary/aromatic N) is 2. The molecule has 1 saturated heterocycles. The van der Waals surface area contributed by atoms with Crippen LogP contribution in [0.1, 0.15) is 33.1 Å². The van der Waals surface area contributed by atoms with Gasteiger partial charge in [-0.3, -0.25) is 9.59 Å². The summed E-state index contributed by atoms with van der Waals surface area (Å²) in [6.07, 6.45) is 1.05. The zero-order chi connectivity index (χ0) is 16.0. The minimum atomic E-state index is -0.815. The summed E-state index contributed by atoms with van der Waals surface area (Å²) in [5.74, 6) is -1.14. The Morgan fingerprint density at radius 2 is 1.86 bits per heavy atom. The van der Waals surface area contributed by atoms with E-state index in [-0.39, 0.29) is 18.4 Å². The van der Waals surface area contributed by atoms with Gasteiger partial charge in [0, 0.05) is 26.7 Å². The van der Waals surface area contributed by atoms with E-state index in [4.69, 9.17) is 9.84 Å². The van der Waals surface area contributed by atoms with E-state index in [1.165, 1.54) is 4.90 Å². The average molecular weight is 300 g/mol. The second-order valence-electron chi connectivity index (χ2n) is 5.61. The standard InChI is InChI=1S/C14H24N2O5/c1-4-21-11(17)5-8-15(3)13(20)16-9-6-14(2,7-10-16)12(18)19/h4-10H2,1-3H3,(H,18,19). The highest BCUT2D eigenvalue weighted by atomic mass is 16.5. The van der Waals surface area contributed by atoms with Gasteiger partial charge in [-0.15, -0.1) is 0 Å². The van der Waals surface area contributed by atoms with Crippen molar-refractivity contribution in [1.82, 2.24) is 9.80 Å². The molecule has 1 N–H and O–H groups in total. The minimum absolute atomic E-state index is 0.163. The van der Waals surface area contributed by atoms with Gasteiger partial charge in [-0.1, -0.05) is 0 Å². The minimum Gasteiger partial charge on any atom is -0.481 e. The van der Waals surface area contributed by atoms with E-state index in [0.717, 1.165) is 0 Å². The van der Waals surface area contributed by atoms with E-state index < -0.39 is 11.4 Å². The normalized spacial score (nSPS) is 17.2. The van der Waals surface area contributed by atoms with Crippen molar-refractivity contribution in [3.63, 3.8) is 0 Å². The summed E-state index contributed by atoms with van der Waals surface area (Å²) in [6, 6.07) is -0.174. The molecule has 1 rings (SSSR count). The fourth-order valence-electron chi connectivity index (χ4n) is 2.23. The third kappa shape index (κ3) is 4.61. The van der Waals surface area contributed by atoms with Crippen LogP contribution in [0.25, 0.3) is 0 Å². The van der Waals surface area contributed by atoms with Crippen LogP contribution in [-0.4, -0.2) is 66.2 Å². The summed E-state index contributed by atoms with van der Waals surface area (Å²) in [5.41, 5.74) is -0.750. The smallest absolute Gasteiger partial charge is 0.319 e. The van der Waals surface area contributed by atoms with Gasteiger partial charge < -0.3 is 19.6 Å². The van der Waals surface area contributed by atoms with Crippen molar-refractivity contribution in [1.29, 1.82) is 0 Å². The zero-order valence-electron chi connectivity index (χ0n) is 12.9. The fourth-order valence-corrected chi connectivity index (χ4v) is 2.23.